The zero-order chi connectivity index (χ0) is 16.9. The van der Waals surface area contributed by atoms with Crippen molar-refractivity contribution in [2.45, 2.75) is 19.3 Å². The lowest BCUT2D eigenvalue weighted by Gasteiger charge is -2.15. The van der Waals surface area contributed by atoms with Gasteiger partial charge in [-0.15, -0.1) is 36.2 Å². The SMILES string of the molecule is CNCC1CCN(C(=O)Cc2csc(Cc3ccc(F)cc3)n2)C1.Cl.Cl. The molecule has 0 aliphatic carbocycles. The van der Waals surface area contributed by atoms with E-state index < -0.39 is 0 Å². The lowest BCUT2D eigenvalue weighted by molar-refractivity contribution is -0.129. The number of halogens is 3. The van der Waals surface area contributed by atoms with E-state index in [0.717, 1.165) is 42.3 Å². The molecule has 0 radical (unpaired) electrons. The zero-order valence-electron chi connectivity index (χ0n) is 14.6. The van der Waals surface area contributed by atoms with E-state index in [0.29, 0.717) is 18.8 Å². The topological polar surface area (TPSA) is 45.2 Å². The van der Waals surface area contributed by atoms with Crippen LogP contribution < -0.4 is 5.32 Å². The summed E-state index contributed by atoms with van der Waals surface area (Å²) >= 11 is 1.56. The molecular formula is C18H24Cl2FN3OS. The molecule has 1 fully saturated rings. The van der Waals surface area contributed by atoms with Gasteiger partial charge in [-0.1, -0.05) is 12.1 Å². The molecule has 1 aliphatic heterocycles. The van der Waals surface area contributed by atoms with Crippen LogP contribution in [0.15, 0.2) is 29.6 Å². The van der Waals surface area contributed by atoms with Gasteiger partial charge in [0.1, 0.15) is 5.82 Å². The molecule has 2 aromatic rings. The molecule has 1 amide bonds. The van der Waals surface area contributed by atoms with Gasteiger partial charge >= 0.3 is 0 Å². The van der Waals surface area contributed by atoms with Crippen LogP contribution >= 0.6 is 36.2 Å². The highest BCUT2D eigenvalue weighted by Crippen LogP contribution is 2.19. The summed E-state index contributed by atoms with van der Waals surface area (Å²) in [5.74, 6) is 0.488. The quantitative estimate of drug-likeness (QED) is 0.780. The molecule has 1 atom stereocenters. The minimum atomic E-state index is -0.230. The summed E-state index contributed by atoms with van der Waals surface area (Å²) in [6.45, 7) is 2.65. The first kappa shape index (κ1) is 22.8. The van der Waals surface area contributed by atoms with Crippen molar-refractivity contribution in [2.24, 2.45) is 5.92 Å². The Morgan fingerprint density at radius 2 is 2.08 bits per heavy atom. The smallest absolute Gasteiger partial charge is 0.228 e. The van der Waals surface area contributed by atoms with Gasteiger partial charge < -0.3 is 10.2 Å². The van der Waals surface area contributed by atoms with Crippen molar-refractivity contribution in [3.8, 4) is 0 Å². The molecular weight excluding hydrogens is 396 g/mol. The summed E-state index contributed by atoms with van der Waals surface area (Å²) in [7, 11) is 1.95. The summed E-state index contributed by atoms with van der Waals surface area (Å²) in [5, 5.41) is 6.09. The highest BCUT2D eigenvalue weighted by atomic mass is 35.5. The molecule has 1 aliphatic rings. The Labute approximate surface area is 170 Å². The molecule has 3 rings (SSSR count). The number of aromatic nitrogens is 1. The number of amides is 1. The van der Waals surface area contributed by atoms with Crippen molar-refractivity contribution < 1.29 is 9.18 Å². The molecule has 2 heterocycles. The van der Waals surface area contributed by atoms with E-state index in [-0.39, 0.29) is 36.5 Å². The summed E-state index contributed by atoms with van der Waals surface area (Å²) in [4.78, 5) is 18.9. The number of hydrogen-bond donors (Lipinski definition) is 1. The van der Waals surface area contributed by atoms with E-state index in [9.17, 15) is 9.18 Å². The van der Waals surface area contributed by atoms with Gasteiger partial charge in [-0.3, -0.25) is 4.79 Å². The average molecular weight is 420 g/mol. The summed E-state index contributed by atoms with van der Waals surface area (Å²) < 4.78 is 12.9. The Morgan fingerprint density at radius 1 is 1.35 bits per heavy atom. The molecule has 1 unspecified atom stereocenters. The van der Waals surface area contributed by atoms with Crippen LogP contribution in [0.2, 0.25) is 0 Å². The Bertz CT molecular complexity index is 696. The van der Waals surface area contributed by atoms with Gasteiger partial charge in [0.25, 0.3) is 0 Å². The van der Waals surface area contributed by atoms with Crippen molar-refractivity contribution in [1.82, 2.24) is 15.2 Å². The fourth-order valence-corrected chi connectivity index (χ4v) is 3.90. The molecule has 1 aromatic carbocycles. The number of carbonyl (C=O) groups excluding carboxylic acids is 1. The molecule has 1 N–H and O–H groups in total. The van der Waals surface area contributed by atoms with Crippen molar-refractivity contribution >= 4 is 42.1 Å². The first-order valence-electron chi connectivity index (χ1n) is 8.24. The molecule has 1 saturated heterocycles. The number of hydrogen-bond acceptors (Lipinski definition) is 4. The first-order valence-corrected chi connectivity index (χ1v) is 9.12. The summed E-state index contributed by atoms with van der Waals surface area (Å²) in [5.41, 5.74) is 1.86. The molecule has 4 nitrogen and oxygen atoms in total. The average Bonchev–Trinajstić information content (AvgIpc) is 3.20. The fourth-order valence-electron chi connectivity index (χ4n) is 3.07. The van der Waals surface area contributed by atoms with Crippen molar-refractivity contribution in [3.63, 3.8) is 0 Å². The van der Waals surface area contributed by atoms with Gasteiger partial charge in [-0.25, -0.2) is 9.37 Å². The number of carbonyl (C=O) groups is 1. The lowest BCUT2D eigenvalue weighted by atomic mass is 10.1. The largest absolute Gasteiger partial charge is 0.342 e. The van der Waals surface area contributed by atoms with Crippen LogP contribution in [0.1, 0.15) is 22.7 Å². The number of benzene rings is 1. The second-order valence-electron chi connectivity index (χ2n) is 6.26. The third kappa shape index (κ3) is 6.20. The van der Waals surface area contributed by atoms with Crippen LogP contribution in [0.5, 0.6) is 0 Å². The molecule has 8 heteroatoms. The van der Waals surface area contributed by atoms with Gasteiger partial charge in [0.05, 0.1) is 17.1 Å². The van der Waals surface area contributed by atoms with Gasteiger partial charge in [-0.05, 0) is 43.6 Å². The minimum Gasteiger partial charge on any atom is -0.342 e. The summed E-state index contributed by atoms with van der Waals surface area (Å²) in [6.07, 6.45) is 2.11. The van der Waals surface area contributed by atoms with E-state index in [1.54, 1.807) is 23.5 Å². The van der Waals surface area contributed by atoms with Crippen LogP contribution in [-0.4, -0.2) is 42.5 Å². The van der Waals surface area contributed by atoms with Crippen LogP contribution in [0.4, 0.5) is 4.39 Å². The van der Waals surface area contributed by atoms with Gasteiger partial charge in [-0.2, -0.15) is 0 Å². The molecule has 0 bridgehead atoms. The number of thiazole rings is 1. The third-order valence-corrected chi connectivity index (χ3v) is 5.23. The highest BCUT2D eigenvalue weighted by Gasteiger charge is 2.26. The van der Waals surface area contributed by atoms with Gasteiger partial charge in [0.15, 0.2) is 0 Å². The number of rotatable bonds is 6. The highest BCUT2D eigenvalue weighted by molar-refractivity contribution is 7.09. The molecule has 26 heavy (non-hydrogen) atoms. The monoisotopic (exact) mass is 419 g/mol. The molecule has 0 saturated carbocycles. The minimum absolute atomic E-state index is 0. The molecule has 1 aromatic heterocycles. The predicted octanol–water partition coefficient (Wildman–Crippen LogP) is 3.33. The standard InChI is InChI=1S/C18H22FN3OS.2ClH/c1-20-10-14-6-7-22(11-14)18(23)9-16-12-24-17(21-16)8-13-2-4-15(19)5-3-13;;/h2-5,12,14,20H,6-11H2,1H3;2*1H. The Morgan fingerprint density at radius 3 is 2.77 bits per heavy atom. The third-order valence-electron chi connectivity index (χ3n) is 4.33. The second-order valence-corrected chi connectivity index (χ2v) is 7.21. The van der Waals surface area contributed by atoms with E-state index >= 15 is 0 Å². The summed E-state index contributed by atoms with van der Waals surface area (Å²) in [6, 6.07) is 6.46. The van der Waals surface area contributed by atoms with Crippen LogP contribution in [0, 0.1) is 11.7 Å². The Kier molecular flexibility index (Phi) is 9.50. The van der Waals surface area contributed by atoms with E-state index in [4.69, 9.17) is 0 Å². The maximum atomic E-state index is 12.9. The second kappa shape index (κ2) is 10.8. The van der Waals surface area contributed by atoms with E-state index in [2.05, 4.69) is 10.3 Å². The Balaban J connectivity index is 0.00000169. The molecule has 144 valence electrons. The van der Waals surface area contributed by atoms with Crippen molar-refractivity contribution in [2.75, 3.05) is 26.7 Å². The van der Waals surface area contributed by atoms with Crippen LogP contribution in [0.3, 0.4) is 0 Å². The van der Waals surface area contributed by atoms with Crippen LogP contribution in [0.25, 0.3) is 0 Å². The first-order chi connectivity index (χ1) is 11.6. The van der Waals surface area contributed by atoms with E-state index in [1.807, 2.05) is 17.3 Å². The molecule has 0 spiro atoms. The fraction of sp³-hybridized carbons (Fsp3) is 0.444. The van der Waals surface area contributed by atoms with Gasteiger partial charge in [0, 0.05) is 24.9 Å². The van der Waals surface area contributed by atoms with Crippen molar-refractivity contribution in [1.29, 1.82) is 0 Å². The number of nitrogens with zero attached hydrogens (tertiary/aromatic N) is 2. The van der Waals surface area contributed by atoms with Crippen LogP contribution in [-0.2, 0) is 17.6 Å². The van der Waals surface area contributed by atoms with Gasteiger partial charge in [0.2, 0.25) is 5.91 Å². The maximum absolute atomic E-state index is 12.9. The zero-order valence-corrected chi connectivity index (χ0v) is 17.1. The maximum Gasteiger partial charge on any atom is 0.228 e. The number of nitrogens with one attached hydrogen (secondary N) is 1. The van der Waals surface area contributed by atoms with E-state index in [1.165, 1.54) is 12.1 Å². The Hall–Kier alpha value is -1.21. The lowest BCUT2D eigenvalue weighted by Crippen LogP contribution is -2.31. The predicted molar refractivity (Wildman–Crippen MR) is 108 cm³/mol. The number of likely N-dealkylation sites (tertiary alicyclic amines) is 1. The van der Waals surface area contributed by atoms with Crippen molar-refractivity contribution in [3.05, 3.63) is 51.7 Å². The normalized spacial score (nSPS) is 16.1.